The van der Waals surface area contributed by atoms with Crippen molar-refractivity contribution in [3.8, 4) is 0 Å². The summed E-state index contributed by atoms with van der Waals surface area (Å²) in [6.07, 6.45) is 22.8. The molecule has 2 heteroatoms. The topological polar surface area (TPSA) is 26.3 Å². The summed E-state index contributed by atoms with van der Waals surface area (Å²) >= 11 is 0. The van der Waals surface area contributed by atoms with Crippen LogP contribution in [-0.2, 0) is 9.53 Å². The molecule has 0 aromatic carbocycles. The van der Waals surface area contributed by atoms with Crippen LogP contribution >= 0.6 is 0 Å². The number of hydrogen-bond donors (Lipinski definition) is 0. The molecule has 1 saturated carbocycles. The van der Waals surface area contributed by atoms with Crippen molar-refractivity contribution in [1.29, 1.82) is 0 Å². The molecule has 0 saturated heterocycles. The van der Waals surface area contributed by atoms with Gasteiger partial charge in [0.15, 0.2) is 0 Å². The van der Waals surface area contributed by atoms with Gasteiger partial charge in [-0.05, 0) is 45.4 Å². The van der Waals surface area contributed by atoms with Gasteiger partial charge in [-0.25, -0.2) is 4.79 Å². The monoisotopic (exact) mass is 364 g/mol. The molecule has 0 amide bonds. The molecule has 1 aliphatic carbocycles. The lowest BCUT2D eigenvalue weighted by Crippen LogP contribution is -2.22. The van der Waals surface area contributed by atoms with E-state index >= 15 is 0 Å². The summed E-state index contributed by atoms with van der Waals surface area (Å²) in [6.45, 7) is 8.00. The van der Waals surface area contributed by atoms with E-state index in [-0.39, 0.29) is 5.97 Å². The molecule has 0 aromatic heterocycles. The van der Waals surface area contributed by atoms with Gasteiger partial charge in [0.25, 0.3) is 0 Å². The fourth-order valence-electron chi connectivity index (χ4n) is 4.24. The summed E-state index contributed by atoms with van der Waals surface area (Å²) < 4.78 is 5.28. The van der Waals surface area contributed by atoms with E-state index in [4.69, 9.17) is 4.74 Å². The SMILES string of the molecule is CCCCCCCC[C@H]1CCC[C@@H]1CCCCC=CC(=O)OC(C)(C)C. The van der Waals surface area contributed by atoms with Crippen LogP contribution in [0.25, 0.3) is 0 Å². The van der Waals surface area contributed by atoms with E-state index in [1.807, 2.05) is 26.8 Å². The average Bonchev–Trinajstić information content (AvgIpc) is 2.99. The van der Waals surface area contributed by atoms with Crippen molar-refractivity contribution in [2.45, 2.75) is 123 Å². The summed E-state index contributed by atoms with van der Waals surface area (Å²) in [6, 6.07) is 0. The molecule has 0 unspecified atom stereocenters. The van der Waals surface area contributed by atoms with Crippen LogP contribution in [0.2, 0.25) is 0 Å². The molecule has 2 atom stereocenters. The highest BCUT2D eigenvalue weighted by Gasteiger charge is 2.25. The maximum Gasteiger partial charge on any atom is 0.330 e. The van der Waals surface area contributed by atoms with E-state index in [9.17, 15) is 4.79 Å². The first-order valence-corrected chi connectivity index (χ1v) is 11.3. The molecule has 0 bridgehead atoms. The van der Waals surface area contributed by atoms with Crippen LogP contribution in [0.3, 0.4) is 0 Å². The third-order valence-electron chi connectivity index (χ3n) is 5.60. The van der Waals surface area contributed by atoms with E-state index in [0.717, 1.165) is 18.3 Å². The molecule has 0 spiro atoms. The summed E-state index contributed by atoms with van der Waals surface area (Å²) in [7, 11) is 0. The highest BCUT2D eigenvalue weighted by atomic mass is 16.6. The van der Waals surface area contributed by atoms with Crippen molar-refractivity contribution in [2.75, 3.05) is 0 Å². The standard InChI is InChI=1S/C24H44O2/c1-5-6-7-8-9-12-16-21-18-15-19-22(21)17-13-10-11-14-20-23(25)26-24(2,3)4/h14,20-22H,5-13,15-19H2,1-4H3/t21-,22-/m0/s1. The first kappa shape index (κ1) is 23.2. The highest BCUT2D eigenvalue weighted by Crippen LogP contribution is 2.38. The van der Waals surface area contributed by atoms with Gasteiger partial charge in [0.1, 0.15) is 5.60 Å². The second-order valence-corrected chi connectivity index (χ2v) is 9.23. The zero-order valence-corrected chi connectivity index (χ0v) is 18.0. The lowest BCUT2D eigenvalue weighted by Gasteiger charge is -2.19. The van der Waals surface area contributed by atoms with Crippen LogP contribution < -0.4 is 0 Å². The average molecular weight is 365 g/mol. The Balaban J connectivity index is 2.07. The molecular weight excluding hydrogens is 320 g/mol. The third-order valence-corrected chi connectivity index (χ3v) is 5.60. The highest BCUT2D eigenvalue weighted by molar-refractivity contribution is 5.82. The number of unbranched alkanes of at least 4 members (excludes halogenated alkanes) is 7. The Hall–Kier alpha value is -0.790. The van der Waals surface area contributed by atoms with Gasteiger partial charge in [-0.15, -0.1) is 0 Å². The molecule has 2 nitrogen and oxygen atoms in total. The molecule has 0 aliphatic heterocycles. The summed E-state index contributed by atoms with van der Waals surface area (Å²) in [5.41, 5.74) is -0.394. The Labute approximate surface area is 163 Å². The number of allylic oxidation sites excluding steroid dienone is 1. The largest absolute Gasteiger partial charge is 0.457 e. The molecular formula is C24H44O2. The van der Waals surface area contributed by atoms with Gasteiger partial charge in [0.2, 0.25) is 0 Å². The number of esters is 1. The van der Waals surface area contributed by atoms with Crippen LogP contribution in [-0.4, -0.2) is 11.6 Å². The summed E-state index contributed by atoms with van der Waals surface area (Å²) in [4.78, 5) is 11.6. The smallest absolute Gasteiger partial charge is 0.330 e. The number of ether oxygens (including phenoxy) is 1. The molecule has 0 heterocycles. The van der Waals surface area contributed by atoms with Crippen molar-refractivity contribution in [2.24, 2.45) is 11.8 Å². The van der Waals surface area contributed by atoms with Gasteiger partial charge >= 0.3 is 5.97 Å². The fourth-order valence-corrected chi connectivity index (χ4v) is 4.24. The zero-order chi connectivity index (χ0) is 19.3. The van der Waals surface area contributed by atoms with Crippen molar-refractivity contribution >= 4 is 5.97 Å². The molecule has 1 aliphatic rings. The van der Waals surface area contributed by atoms with E-state index < -0.39 is 5.60 Å². The second-order valence-electron chi connectivity index (χ2n) is 9.23. The lowest BCUT2D eigenvalue weighted by molar-refractivity contribution is -0.148. The van der Waals surface area contributed by atoms with E-state index in [2.05, 4.69) is 6.92 Å². The quantitative estimate of drug-likeness (QED) is 0.191. The first-order chi connectivity index (χ1) is 12.4. The van der Waals surface area contributed by atoms with Crippen molar-refractivity contribution in [3.63, 3.8) is 0 Å². The minimum absolute atomic E-state index is 0.215. The summed E-state index contributed by atoms with van der Waals surface area (Å²) in [5, 5.41) is 0. The molecule has 152 valence electrons. The van der Waals surface area contributed by atoms with Gasteiger partial charge in [-0.3, -0.25) is 0 Å². The van der Waals surface area contributed by atoms with Crippen LogP contribution in [0, 0.1) is 11.8 Å². The normalized spacial score (nSPS) is 20.8. The van der Waals surface area contributed by atoms with Gasteiger partial charge < -0.3 is 4.74 Å². The Kier molecular flexibility index (Phi) is 12.0. The van der Waals surface area contributed by atoms with Crippen LogP contribution in [0.15, 0.2) is 12.2 Å². The minimum Gasteiger partial charge on any atom is -0.457 e. The maximum absolute atomic E-state index is 11.6. The van der Waals surface area contributed by atoms with Crippen LogP contribution in [0.1, 0.15) is 118 Å². The van der Waals surface area contributed by atoms with E-state index in [1.165, 1.54) is 83.5 Å². The number of rotatable bonds is 13. The summed E-state index contributed by atoms with van der Waals surface area (Å²) in [5.74, 6) is 1.76. The van der Waals surface area contributed by atoms with Gasteiger partial charge in [-0.2, -0.15) is 0 Å². The lowest BCUT2D eigenvalue weighted by atomic mass is 9.87. The van der Waals surface area contributed by atoms with Gasteiger partial charge in [0.05, 0.1) is 0 Å². The Morgan fingerprint density at radius 2 is 1.50 bits per heavy atom. The fraction of sp³-hybridized carbons (Fsp3) is 0.875. The Bertz CT molecular complexity index is 392. The zero-order valence-electron chi connectivity index (χ0n) is 18.0. The minimum atomic E-state index is -0.394. The first-order valence-electron chi connectivity index (χ1n) is 11.3. The predicted molar refractivity (Wildman–Crippen MR) is 112 cm³/mol. The van der Waals surface area contributed by atoms with Crippen molar-refractivity contribution < 1.29 is 9.53 Å². The van der Waals surface area contributed by atoms with Gasteiger partial charge in [0, 0.05) is 6.08 Å². The van der Waals surface area contributed by atoms with Gasteiger partial charge in [-0.1, -0.05) is 90.0 Å². The van der Waals surface area contributed by atoms with Crippen molar-refractivity contribution in [1.82, 2.24) is 0 Å². The molecule has 26 heavy (non-hydrogen) atoms. The molecule has 0 N–H and O–H groups in total. The number of carbonyl (C=O) groups excluding carboxylic acids is 1. The third kappa shape index (κ3) is 11.8. The Morgan fingerprint density at radius 3 is 2.12 bits per heavy atom. The van der Waals surface area contributed by atoms with E-state index in [1.54, 1.807) is 6.08 Å². The molecule has 1 fully saturated rings. The molecule has 0 aromatic rings. The van der Waals surface area contributed by atoms with Crippen LogP contribution in [0.4, 0.5) is 0 Å². The number of hydrogen-bond acceptors (Lipinski definition) is 2. The second kappa shape index (κ2) is 13.4. The van der Waals surface area contributed by atoms with Crippen molar-refractivity contribution in [3.05, 3.63) is 12.2 Å². The van der Waals surface area contributed by atoms with E-state index in [0.29, 0.717) is 0 Å². The number of carbonyl (C=O) groups is 1. The van der Waals surface area contributed by atoms with Crippen LogP contribution in [0.5, 0.6) is 0 Å². The molecule has 0 radical (unpaired) electrons. The molecule has 1 rings (SSSR count). The predicted octanol–water partition coefficient (Wildman–Crippen LogP) is 7.61. The Morgan fingerprint density at radius 1 is 0.923 bits per heavy atom. The maximum atomic E-state index is 11.6.